The average Bonchev–Trinajstić information content (AvgIpc) is 1.99. The molecule has 0 bridgehead atoms. The van der Waals surface area contributed by atoms with Gasteiger partial charge in [-0.05, 0) is 41.0 Å². The Balaban J connectivity index is 3.74. The quantitative estimate of drug-likeness (QED) is 0.727. The number of primary amides is 1. The van der Waals surface area contributed by atoms with Gasteiger partial charge in [0.15, 0.2) is 0 Å². The summed E-state index contributed by atoms with van der Waals surface area (Å²) in [4.78, 5) is 10.5. The van der Waals surface area contributed by atoms with Gasteiger partial charge >= 0.3 is 0 Å². The lowest BCUT2D eigenvalue weighted by atomic mass is 10.1. The number of rotatable bonds is 7. The predicted octanol–water partition coefficient (Wildman–Crippen LogP) is 1.86. The van der Waals surface area contributed by atoms with Crippen molar-refractivity contribution < 1.29 is 14.3 Å². The Morgan fingerprint density at radius 3 is 2.06 bits per heavy atom. The highest BCUT2D eigenvalue weighted by Crippen LogP contribution is 2.17. The zero-order valence-corrected chi connectivity index (χ0v) is 11.1. The van der Waals surface area contributed by atoms with Gasteiger partial charge in [0.1, 0.15) is 0 Å². The molecule has 96 valence electrons. The van der Waals surface area contributed by atoms with Gasteiger partial charge in [0.2, 0.25) is 5.91 Å². The normalized spacial score (nSPS) is 12.8. The van der Waals surface area contributed by atoms with Crippen molar-refractivity contribution >= 4 is 5.91 Å². The molecule has 4 nitrogen and oxygen atoms in total. The Labute approximate surface area is 98.5 Å². The third-order valence-electron chi connectivity index (χ3n) is 2.08. The van der Waals surface area contributed by atoms with E-state index in [1.54, 1.807) is 0 Å². The van der Waals surface area contributed by atoms with Gasteiger partial charge in [0.05, 0.1) is 17.8 Å². The molecule has 0 unspecified atom stereocenters. The van der Waals surface area contributed by atoms with Crippen molar-refractivity contribution in [1.82, 2.24) is 0 Å². The average molecular weight is 231 g/mol. The minimum absolute atomic E-state index is 0.122. The van der Waals surface area contributed by atoms with Crippen molar-refractivity contribution in [3.8, 4) is 0 Å². The van der Waals surface area contributed by atoms with Crippen LogP contribution in [0.25, 0.3) is 0 Å². The molecular weight excluding hydrogens is 206 g/mol. The van der Waals surface area contributed by atoms with Gasteiger partial charge in [0.25, 0.3) is 0 Å². The van der Waals surface area contributed by atoms with E-state index in [0.29, 0.717) is 13.2 Å². The monoisotopic (exact) mass is 231 g/mol. The minimum Gasteiger partial charge on any atom is -0.376 e. The molecule has 0 saturated heterocycles. The van der Waals surface area contributed by atoms with E-state index in [1.165, 1.54) is 0 Å². The van der Waals surface area contributed by atoms with Crippen LogP contribution in [0.3, 0.4) is 0 Å². The van der Waals surface area contributed by atoms with Crippen molar-refractivity contribution in [1.29, 1.82) is 0 Å². The third kappa shape index (κ3) is 9.93. The van der Waals surface area contributed by atoms with Crippen LogP contribution in [0.15, 0.2) is 0 Å². The summed E-state index contributed by atoms with van der Waals surface area (Å²) >= 11 is 0. The van der Waals surface area contributed by atoms with Crippen LogP contribution in [-0.4, -0.2) is 30.3 Å². The smallest absolute Gasteiger partial charge is 0.219 e. The van der Waals surface area contributed by atoms with Crippen molar-refractivity contribution in [3.05, 3.63) is 0 Å². The molecule has 0 heterocycles. The zero-order valence-electron chi connectivity index (χ0n) is 11.1. The highest BCUT2D eigenvalue weighted by Gasteiger charge is 2.20. The van der Waals surface area contributed by atoms with E-state index in [1.807, 2.05) is 34.6 Å². The molecule has 4 heteroatoms. The van der Waals surface area contributed by atoms with E-state index in [-0.39, 0.29) is 23.5 Å². The van der Waals surface area contributed by atoms with Crippen LogP contribution in [0.2, 0.25) is 0 Å². The second kappa shape index (κ2) is 6.21. The van der Waals surface area contributed by atoms with Gasteiger partial charge in [-0.1, -0.05) is 0 Å². The van der Waals surface area contributed by atoms with Gasteiger partial charge in [-0.15, -0.1) is 0 Å². The molecule has 0 atom stereocenters. The first-order valence-corrected chi connectivity index (χ1v) is 5.69. The summed E-state index contributed by atoms with van der Waals surface area (Å²) in [5.41, 5.74) is 4.64. The number of amides is 1. The highest BCUT2D eigenvalue weighted by atomic mass is 16.5. The summed E-state index contributed by atoms with van der Waals surface area (Å²) in [5.74, 6) is -0.332. The Bertz CT molecular complexity index is 219. The van der Waals surface area contributed by atoms with Crippen LogP contribution in [0, 0.1) is 0 Å². The zero-order chi connectivity index (χ0) is 12.8. The Kier molecular flexibility index (Phi) is 5.97. The summed E-state index contributed by atoms with van der Waals surface area (Å²) in [6, 6.07) is 0. The van der Waals surface area contributed by atoms with E-state index >= 15 is 0 Å². The molecule has 16 heavy (non-hydrogen) atoms. The number of hydrogen-bond acceptors (Lipinski definition) is 3. The first kappa shape index (κ1) is 15.4. The second-order valence-corrected chi connectivity index (χ2v) is 5.54. The van der Waals surface area contributed by atoms with Gasteiger partial charge < -0.3 is 15.2 Å². The van der Waals surface area contributed by atoms with Gasteiger partial charge in [-0.3, -0.25) is 4.79 Å². The number of hydrogen-bond donors (Lipinski definition) is 1. The maximum Gasteiger partial charge on any atom is 0.219 e. The largest absolute Gasteiger partial charge is 0.376 e. The maximum absolute atomic E-state index is 10.5. The Morgan fingerprint density at radius 2 is 1.62 bits per heavy atom. The lowest BCUT2D eigenvalue weighted by Crippen LogP contribution is -2.30. The van der Waals surface area contributed by atoms with Crippen LogP contribution in [-0.2, 0) is 14.3 Å². The fourth-order valence-electron chi connectivity index (χ4n) is 1.10. The number of carbonyl (C=O) groups excluding carboxylic acids is 1. The number of carbonyl (C=O) groups is 1. The van der Waals surface area contributed by atoms with E-state index < -0.39 is 0 Å². The Morgan fingerprint density at radius 1 is 1.06 bits per heavy atom. The molecular formula is C12H25NO3. The molecule has 0 aliphatic carbocycles. The van der Waals surface area contributed by atoms with Crippen molar-refractivity contribution in [2.24, 2.45) is 5.73 Å². The summed E-state index contributed by atoms with van der Waals surface area (Å²) in [7, 11) is 0. The Hall–Kier alpha value is -0.610. The lowest BCUT2D eigenvalue weighted by Gasteiger charge is -2.27. The van der Waals surface area contributed by atoms with Gasteiger partial charge in [-0.25, -0.2) is 0 Å². The summed E-state index contributed by atoms with van der Waals surface area (Å²) < 4.78 is 11.2. The van der Waals surface area contributed by atoms with E-state index in [2.05, 4.69) is 0 Å². The SMILES string of the molecule is CC(C)(C)OCCC(C)(C)OCCC(N)=O. The maximum atomic E-state index is 10.5. The highest BCUT2D eigenvalue weighted by molar-refractivity contribution is 5.73. The second-order valence-electron chi connectivity index (χ2n) is 5.54. The molecule has 0 aromatic carbocycles. The minimum atomic E-state index is -0.332. The molecule has 0 fully saturated rings. The van der Waals surface area contributed by atoms with Crippen LogP contribution >= 0.6 is 0 Å². The van der Waals surface area contributed by atoms with Gasteiger partial charge in [0, 0.05) is 13.0 Å². The molecule has 0 aromatic rings. The van der Waals surface area contributed by atoms with Crippen molar-refractivity contribution in [2.75, 3.05) is 13.2 Å². The van der Waals surface area contributed by atoms with E-state index in [0.717, 1.165) is 6.42 Å². The van der Waals surface area contributed by atoms with Gasteiger partial charge in [-0.2, -0.15) is 0 Å². The summed E-state index contributed by atoms with van der Waals surface area (Å²) in [6.45, 7) is 11.1. The van der Waals surface area contributed by atoms with Crippen LogP contribution in [0.1, 0.15) is 47.5 Å². The van der Waals surface area contributed by atoms with Crippen molar-refractivity contribution in [3.63, 3.8) is 0 Å². The fraction of sp³-hybridized carbons (Fsp3) is 0.917. The van der Waals surface area contributed by atoms with Crippen LogP contribution in [0.4, 0.5) is 0 Å². The molecule has 0 aliphatic heterocycles. The van der Waals surface area contributed by atoms with Crippen LogP contribution in [0.5, 0.6) is 0 Å². The predicted molar refractivity (Wildman–Crippen MR) is 64.2 cm³/mol. The van der Waals surface area contributed by atoms with Crippen LogP contribution < -0.4 is 5.73 Å². The molecule has 0 saturated carbocycles. The molecule has 0 aliphatic rings. The number of nitrogens with two attached hydrogens (primary N) is 1. The molecule has 0 rings (SSSR count). The third-order valence-corrected chi connectivity index (χ3v) is 2.08. The fourth-order valence-corrected chi connectivity index (χ4v) is 1.10. The number of ether oxygens (including phenoxy) is 2. The molecule has 0 aromatic heterocycles. The molecule has 0 spiro atoms. The standard InChI is InChI=1S/C12H25NO3/c1-11(2,3)15-9-7-12(4,5)16-8-6-10(13)14/h6-9H2,1-5H3,(H2,13,14). The van der Waals surface area contributed by atoms with E-state index in [9.17, 15) is 4.79 Å². The molecule has 1 amide bonds. The molecule has 0 radical (unpaired) electrons. The van der Waals surface area contributed by atoms with E-state index in [4.69, 9.17) is 15.2 Å². The molecule has 2 N–H and O–H groups in total. The first-order valence-electron chi connectivity index (χ1n) is 5.69. The lowest BCUT2D eigenvalue weighted by molar-refractivity contribution is -0.121. The summed E-state index contributed by atoms with van der Waals surface area (Å²) in [5, 5.41) is 0. The van der Waals surface area contributed by atoms with Crippen molar-refractivity contribution in [2.45, 2.75) is 58.7 Å². The summed E-state index contributed by atoms with van der Waals surface area (Å²) in [6.07, 6.45) is 1.06. The first-order chi connectivity index (χ1) is 7.12. The topological polar surface area (TPSA) is 61.6 Å².